The summed E-state index contributed by atoms with van der Waals surface area (Å²) in [4.78, 5) is 25.2. The fourth-order valence-corrected chi connectivity index (χ4v) is 3.45. The number of carboxylic acids is 1. The van der Waals surface area contributed by atoms with Crippen molar-refractivity contribution in [2.24, 2.45) is 5.92 Å². The highest BCUT2D eigenvalue weighted by Gasteiger charge is 2.40. The average Bonchev–Trinajstić information content (AvgIpc) is 3.27. The number of carbonyl (C=O) groups excluding carboxylic acids is 1. The van der Waals surface area contributed by atoms with Gasteiger partial charge in [0.2, 0.25) is 0 Å². The van der Waals surface area contributed by atoms with Gasteiger partial charge in [-0.25, -0.2) is 4.79 Å². The molecule has 2 aliphatic carbocycles. The number of urea groups is 1. The van der Waals surface area contributed by atoms with E-state index >= 15 is 0 Å². The van der Waals surface area contributed by atoms with Gasteiger partial charge in [0, 0.05) is 13.6 Å². The zero-order chi connectivity index (χ0) is 15.3. The second-order valence-electron chi connectivity index (χ2n) is 6.73. The minimum absolute atomic E-state index is 0.0546. The third-order valence-corrected chi connectivity index (χ3v) is 5.04. The molecule has 2 amide bonds. The molecule has 0 heterocycles. The number of hydrogen-bond acceptors (Lipinski definition) is 2. The summed E-state index contributed by atoms with van der Waals surface area (Å²) in [7, 11) is 1.75. The molecule has 0 aliphatic heterocycles. The van der Waals surface area contributed by atoms with Gasteiger partial charge >= 0.3 is 12.0 Å². The Morgan fingerprint density at radius 1 is 1.24 bits per heavy atom. The van der Waals surface area contributed by atoms with E-state index in [0.717, 1.165) is 44.4 Å². The van der Waals surface area contributed by atoms with E-state index in [9.17, 15) is 14.7 Å². The highest BCUT2D eigenvalue weighted by molar-refractivity contribution is 5.76. The number of rotatable bonds is 7. The molecule has 0 aromatic heterocycles. The highest BCUT2D eigenvalue weighted by atomic mass is 16.4. The lowest BCUT2D eigenvalue weighted by molar-refractivity contribution is -0.140. The highest BCUT2D eigenvalue weighted by Crippen LogP contribution is 2.36. The molecule has 0 unspecified atom stereocenters. The first kappa shape index (κ1) is 16.1. The van der Waals surface area contributed by atoms with Crippen LogP contribution in [0, 0.1) is 5.92 Å². The van der Waals surface area contributed by atoms with E-state index in [0.29, 0.717) is 6.54 Å². The van der Waals surface area contributed by atoms with E-state index in [4.69, 9.17) is 0 Å². The molecule has 0 aromatic carbocycles. The lowest BCUT2D eigenvalue weighted by Crippen LogP contribution is -2.55. The SMILES string of the molecule is CN(C(=O)NCCCC1CC1)C1(CC(=O)O)CCCCC1. The minimum Gasteiger partial charge on any atom is -0.481 e. The van der Waals surface area contributed by atoms with Crippen LogP contribution in [0.2, 0.25) is 0 Å². The first-order valence-electron chi connectivity index (χ1n) is 8.27. The Hall–Kier alpha value is -1.26. The monoisotopic (exact) mass is 296 g/mol. The molecule has 0 saturated heterocycles. The van der Waals surface area contributed by atoms with Gasteiger partial charge in [-0.3, -0.25) is 4.79 Å². The van der Waals surface area contributed by atoms with Gasteiger partial charge < -0.3 is 15.3 Å². The van der Waals surface area contributed by atoms with Crippen molar-refractivity contribution in [1.29, 1.82) is 0 Å². The van der Waals surface area contributed by atoms with Crippen molar-refractivity contribution < 1.29 is 14.7 Å². The molecule has 0 bridgehead atoms. The predicted octanol–water partition coefficient (Wildman–Crippen LogP) is 3.00. The maximum Gasteiger partial charge on any atom is 0.317 e. The molecular weight excluding hydrogens is 268 g/mol. The van der Waals surface area contributed by atoms with Gasteiger partial charge in [0.25, 0.3) is 0 Å². The third kappa shape index (κ3) is 4.61. The van der Waals surface area contributed by atoms with E-state index in [1.54, 1.807) is 11.9 Å². The first-order valence-corrected chi connectivity index (χ1v) is 8.27. The molecule has 21 heavy (non-hydrogen) atoms. The molecule has 0 spiro atoms. The van der Waals surface area contributed by atoms with E-state index in [1.165, 1.54) is 19.3 Å². The number of aliphatic carboxylic acids is 1. The predicted molar refractivity (Wildman–Crippen MR) is 81.2 cm³/mol. The molecule has 5 nitrogen and oxygen atoms in total. The van der Waals surface area contributed by atoms with Gasteiger partial charge in [-0.15, -0.1) is 0 Å². The Morgan fingerprint density at radius 2 is 1.90 bits per heavy atom. The summed E-state index contributed by atoms with van der Waals surface area (Å²) in [5, 5.41) is 12.1. The van der Waals surface area contributed by atoms with Crippen LogP contribution in [-0.2, 0) is 4.79 Å². The van der Waals surface area contributed by atoms with Crippen molar-refractivity contribution in [3.05, 3.63) is 0 Å². The van der Waals surface area contributed by atoms with Crippen LogP contribution >= 0.6 is 0 Å². The molecular formula is C16H28N2O3. The summed E-state index contributed by atoms with van der Waals surface area (Å²) < 4.78 is 0. The Morgan fingerprint density at radius 3 is 2.48 bits per heavy atom. The van der Waals surface area contributed by atoms with E-state index in [2.05, 4.69) is 5.32 Å². The molecule has 2 rings (SSSR count). The molecule has 120 valence electrons. The normalized spacial score (nSPS) is 20.8. The number of nitrogens with one attached hydrogen (secondary N) is 1. The van der Waals surface area contributed by atoms with Gasteiger partial charge in [-0.2, -0.15) is 0 Å². The van der Waals surface area contributed by atoms with Crippen LogP contribution in [-0.4, -0.2) is 41.1 Å². The van der Waals surface area contributed by atoms with E-state index in [-0.39, 0.29) is 12.5 Å². The number of carbonyl (C=O) groups is 2. The Bertz CT molecular complexity index is 374. The van der Waals surface area contributed by atoms with Crippen molar-refractivity contribution in [1.82, 2.24) is 10.2 Å². The summed E-state index contributed by atoms with van der Waals surface area (Å²) in [5.41, 5.74) is -0.495. The summed E-state index contributed by atoms with van der Waals surface area (Å²) in [6.45, 7) is 0.697. The largest absolute Gasteiger partial charge is 0.481 e. The van der Waals surface area contributed by atoms with Crippen molar-refractivity contribution in [3.8, 4) is 0 Å². The van der Waals surface area contributed by atoms with Crippen LogP contribution < -0.4 is 5.32 Å². The van der Waals surface area contributed by atoms with Gasteiger partial charge in [0.05, 0.1) is 12.0 Å². The minimum atomic E-state index is -0.815. The van der Waals surface area contributed by atoms with Gasteiger partial charge in [-0.1, -0.05) is 32.1 Å². The first-order chi connectivity index (χ1) is 10.0. The maximum absolute atomic E-state index is 12.3. The van der Waals surface area contributed by atoms with Crippen LogP contribution in [0.15, 0.2) is 0 Å². The van der Waals surface area contributed by atoms with Gasteiger partial charge in [-0.05, 0) is 31.6 Å². The molecule has 2 saturated carbocycles. The zero-order valence-corrected chi connectivity index (χ0v) is 13.1. The molecule has 0 aromatic rings. The summed E-state index contributed by atoms with van der Waals surface area (Å²) in [5.74, 6) is 0.0709. The molecule has 2 fully saturated rings. The van der Waals surface area contributed by atoms with Crippen LogP contribution in [0.3, 0.4) is 0 Å². The van der Waals surface area contributed by atoms with Gasteiger partial charge in [0.15, 0.2) is 0 Å². The lowest BCUT2D eigenvalue weighted by atomic mass is 9.78. The second-order valence-corrected chi connectivity index (χ2v) is 6.73. The number of hydrogen-bond donors (Lipinski definition) is 2. The fourth-order valence-electron chi connectivity index (χ4n) is 3.45. The summed E-state index contributed by atoms with van der Waals surface area (Å²) >= 11 is 0. The third-order valence-electron chi connectivity index (χ3n) is 5.04. The standard InChI is InChI=1S/C16H28N2O3/c1-18(15(21)17-11-5-6-13-7-8-13)16(12-14(19)20)9-3-2-4-10-16/h13H,2-12H2,1H3,(H,17,21)(H,19,20). The molecule has 2 N–H and O–H groups in total. The summed E-state index contributed by atoms with van der Waals surface area (Å²) in [6, 6.07) is -0.117. The van der Waals surface area contributed by atoms with Gasteiger partial charge in [0.1, 0.15) is 0 Å². The molecule has 5 heteroatoms. The Balaban J connectivity index is 1.84. The topological polar surface area (TPSA) is 69.6 Å². The fraction of sp³-hybridized carbons (Fsp3) is 0.875. The van der Waals surface area contributed by atoms with Crippen molar-refractivity contribution >= 4 is 12.0 Å². The zero-order valence-electron chi connectivity index (χ0n) is 13.1. The Kier molecular flexibility index (Phi) is 5.48. The van der Waals surface area contributed by atoms with E-state index in [1.807, 2.05) is 0 Å². The molecule has 2 aliphatic rings. The molecule has 0 atom stereocenters. The van der Waals surface area contributed by atoms with Crippen molar-refractivity contribution in [2.75, 3.05) is 13.6 Å². The van der Waals surface area contributed by atoms with Crippen molar-refractivity contribution in [3.63, 3.8) is 0 Å². The van der Waals surface area contributed by atoms with Crippen LogP contribution in [0.25, 0.3) is 0 Å². The molecule has 0 radical (unpaired) electrons. The lowest BCUT2D eigenvalue weighted by Gasteiger charge is -2.43. The number of nitrogens with zero attached hydrogens (tertiary/aromatic N) is 1. The van der Waals surface area contributed by atoms with Crippen LogP contribution in [0.5, 0.6) is 0 Å². The number of carboxylic acid groups (broad SMARTS) is 1. The smallest absolute Gasteiger partial charge is 0.317 e. The Labute approximate surface area is 127 Å². The van der Waals surface area contributed by atoms with Crippen molar-refractivity contribution in [2.45, 2.75) is 69.7 Å². The summed E-state index contributed by atoms with van der Waals surface area (Å²) in [6.07, 6.45) is 9.71. The van der Waals surface area contributed by atoms with Crippen LogP contribution in [0.1, 0.15) is 64.2 Å². The second kappa shape index (κ2) is 7.14. The number of amides is 2. The van der Waals surface area contributed by atoms with E-state index < -0.39 is 11.5 Å². The average molecular weight is 296 g/mol. The van der Waals surface area contributed by atoms with Crippen LogP contribution in [0.4, 0.5) is 4.79 Å². The quantitative estimate of drug-likeness (QED) is 0.710. The maximum atomic E-state index is 12.3.